The Morgan fingerprint density at radius 1 is 1.28 bits per heavy atom. The second-order valence-electron chi connectivity index (χ2n) is 7.09. The van der Waals surface area contributed by atoms with Crippen LogP contribution in [0, 0.1) is 5.92 Å². The van der Waals surface area contributed by atoms with E-state index in [2.05, 4.69) is 44.6 Å². The summed E-state index contributed by atoms with van der Waals surface area (Å²) in [6.07, 6.45) is 4.92. The molecular weight excluding hydrogens is 481 g/mol. The number of ether oxygens (including phenoxy) is 2. The molecule has 0 aliphatic carbocycles. The number of aliphatic imine (C=N–C) groups is 1. The lowest BCUT2D eigenvalue weighted by molar-refractivity contribution is 0.0536. The number of aromatic nitrogens is 2. The van der Waals surface area contributed by atoms with Crippen LogP contribution in [0.5, 0.6) is 0 Å². The SMILES string of the molecule is CN=C(NCc1cccc(Cn2cccn2)c1)N1CCC(COCCOC)C1.I. The summed E-state index contributed by atoms with van der Waals surface area (Å²) in [4.78, 5) is 6.79. The summed E-state index contributed by atoms with van der Waals surface area (Å²) in [5, 5.41) is 7.78. The quantitative estimate of drug-likeness (QED) is 0.242. The van der Waals surface area contributed by atoms with Crippen molar-refractivity contribution in [3.8, 4) is 0 Å². The summed E-state index contributed by atoms with van der Waals surface area (Å²) in [5.41, 5.74) is 2.48. The summed E-state index contributed by atoms with van der Waals surface area (Å²) < 4.78 is 12.6. The van der Waals surface area contributed by atoms with Crippen molar-refractivity contribution in [3.63, 3.8) is 0 Å². The Kier molecular flexibility index (Phi) is 10.4. The van der Waals surface area contributed by atoms with Crippen LogP contribution in [0.2, 0.25) is 0 Å². The van der Waals surface area contributed by atoms with Crippen LogP contribution in [0.15, 0.2) is 47.7 Å². The number of likely N-dealkylation sites (tertiary alicyclic amines) is 1. The summed E-state index contributed by atoms with van der Waals surface area (Å²) in [7, 11) is 3.54. The van der Waals surface area contributed by atoms with Crippen molar-refractivity contribution in [3.05, 3.63) is 53.9 Å². The van der Waals surface area contributed by atoms with E-state index in [1.54, 1.807) is 13.3 Å². The molecule has 7 nitrogen and oxygen atoms in total. The number of hydrogen-bond donors (Lipinski definition) is 1. The zero-order chi connectivity index (χ0) is 19.6. The van der Waals surface area contributed by atoms with Gasteiger partial charge in [-0.05, 0) is 23.6 Å². The lowest BCUT2D eigenvalue weighted by atomic mass is 10.1. The van der Waals surface area contributed by atoms with Gasteiger partial charge in [0.1, 0.15) is 0 Å². The highest BCUT2D eigenvalue weighted by atomic mass is 127. The van der Waals surface area contributed by atoms with Gasteiger partial charge in [0, 0.05) is 52.1 Å². The molecule has 1 fully saturated rings. The second kappa shape index (κ2) is 12.8. The van der Waals surface area contributed by atoms with E-state index in [1.165, 1.54) is 11.1 Å². The Hall–Kier alpha value is -1.65. The highest BCUT2D eigenvalue weighted by molar-refractivity contribution is 14.0. The van der Waals surface area contributed by atoms with Crippen LogP contribution >= 0.6 is 24.0 Å². The summed E-state index contributed by atoms with van der Waals surface area (Å²) in [5.74, 6) is 1.50. The normalized spacial score (nSPS) is 16.7. The topological polar surface area (TPSA) is 63.9 Å². The molecule has 0 amide bonds. The third-order valence-electron chi connectivity index (χ3n) is 4.93. The van der Waals surface area contributed by atoms with Gasteiger partial charge in [0.05, 0.1) is 26.4 Å². The first-order valence-electron chi connectivity index (χ1n) is 9.86. The van der Waals surface area contributed by atoms with E-state index in [9.17, 15) is 0 Å². The molecule has 1 saturated heterocycles. The van der Waals surface area contributed by atoms with Crippen molar-refractivity contribution < 1.29 is 9.47 Å². The average molecular weight is 513 g/mol. The molecule has 0 saturated carbocycles. The molecule has 160 valence electrons. The van der Waals surface area contributed by atoms with Crippen molar-refractivity contribution in [2.24, 2.45) is 10.9 Å². The van der Waals surface area contributed by atoms with E-state index in [0.29, 0.717) is 19.1 Å². The summed E-state index contributed by atoms with van der Waals surface area (Å²) in [6, 6.07) is 10.5. The van der Waals surface area contributed by atoms with Crippen molar-refractivity contribution >= 4 is 29.9 Å². The third-order valence-corrected chi connectivity index (χ3v) is 4.93. The number of methoxy groups -OCH3 is 1. The number of nitrogens with one attached hydrogen (secondary N) is 1. The van der Waals surface area contributed by atoms with Crippen LogP contribution in [-0.4, -0.2) is 67.7 Å². The lowest BCUT2D eigenvalue weighted by Gasteiger charge is -2.22. The molecule has 1 atom stereocenters. The van der Waals surface area contributed by atoms with Crippen LogP contribution in [-0.2, 0) is 22.6 Å². The number of benzene rings is 1. The first-order chi connectivity index (χ1) is 13.8. The molecule has 1 aliphatic heterocycles. The van der Waals surface area contributed by atoms with Crippen molar-refractivity contribution in [2.75, 3.05) is 47.1 Å². The van der Waals surface area contributed by atoms with E-state index in [4.69, 9.17) is 9.47 Å². The van der Waals surface area contributed by atoms with E-state index >= 15 is 0 Å². The molecule has 8 heteroatoms. The van der Waals surface area contributed by atoms with Gasteiger partial charge in [0.25, 0.3) is 0 Å². The minimum absolute atomic E-state index is 0. The minimum atomic E-state index is 0. The number of rotatable bonds is 9. The molecule has 2 aromatic rings. The Morgan fingerprint density at radius 2 is 2.14 bits per heavy atom. The van der Waals surface area contributed by atoms with Gasteiger partial charge >= 0.3 is 0 Å². The van der Waals surface area contributed by atoms with Crippen LogP contribution in [0.25, 0.3) is 0 Å². The summed E-state index contributed by atoms with van der Waals surface area (Å²) in [6.45, 7) is 5.63. The van der Waals surface area contributed by atoms with Gasteiger partial charge in [0.15, 0.2) is 5.96 Å². The first kappa shape index (κ1) is 23.6. The Morgan fingerprint density at radius 3 is 2.90 bits per heavy atom. The number of hydrogen-bond acceptors (Lipinski definition) is 4. The summed E-state index contributed by atoms with van der Waals surface area (Å²) >= 11 is 0. The van der Waals surface area contributed by atoms with Gasteiger partial charge in [-0.1, -0.05) is 24.3 Å². The molecule has 2 heterocycles. The molecule has 0 bridgehead atoms. The van der Waals surface area contributed by atoms with Gasteiger partial charge in [-0.15, -0.1) is 24.0 Å². The number of nitrogens with zero attached hydrogens (tertiary/aromatic N) is 4. The van der Waals surface area contributed by atoms with Crippen LogP contribution in [0.4, 0.5) is 0 Å². The zero-order valence-corrected chi connectivity index (χ0v) is 19.6. The largest absolute Gasteiger partial charge is 0.382 e. The maximum Gasteiger partial charge on any atom is 0.193 e. The van der Waals surface area contributed by atoms with Gasteiger partial charge in [-0.25, -0.2) is 0 Å². The van der Waals surface area contributed by atoms with Crippen LogP contribution < -0.4 is 5.32 Å². The second-order valence-corrected chi connectivity index (χ2v) is 7.09. The molecule has 1 N–H and O–H groups in total. The predicted molar refractivity (Wildman–Crippen MR) is 126 cm³/mol. The maximum absolute atomic E-state index is 5.69. The van der Waals surface area contributed by atoms with Crippen LogP contribution in [0.1, 0.15) is 17.5 Å². The maximum atomic E-state index is 5.69. The van der Waals surface area contributed by atoms with Gasteiger partial charge in [0.2, 0.25) is 0 Å². The van der Waals surface area contributed by atoms with Gasteiger partial charge in [-0.2, -0.15) is 5.10 Å². The Bertz CT molecular complexity index is 738. The molecule has 3 rings (SSSR count). The highest BCUT2D eigenvalue weighted by Crippen LogP contribution is 2.17. The van der Waals surface area contributed by atoms with Crippen LogP contribution in [0.3, 0.4) is 0 Å². The molecule has 0 radical (unpaired) electrons. The van der Waals surface area contributed by atoms with E-state index < -0.39 is 0 Å². The number of halogens is 1. The molecule has 29 heavy (non-hydrogen) atoms. The fourth-order valence-electron chi connectivity index (χ4n) is 3.49. The fraction of sp³-hybridized carbons (Fsp3) is 0.524. The Balaban J connectivity index is 0.00000300. The van der Waals surface area contributed by atoms with Crippen molar-refractivity contribution in [2.45, 2.75) is 19.5 Å². The third kappa shape index (κ3) is 7.60. The average Bonchev–Trinajstić information content (AvgIpc) is 3.39. The van der Waals surface area contributed by atoms with E-state index in [-0.39, 0.29) is 24.0 Å². The predicted octanol–water partition coefficient (Wildman–Crippen LogP) is 2.61. The first-order valence-corrected chi connectivity index (χ1v) is 9.86. The highest BCUT2D eigenvalue weighted by Gasteiger charge is 2.24. The van der Waals surface area contributed by atoms with E-state index in [1.807, 2.05) is 24.0 Å². The van der Waals surface area contributed by atoms with Crippen molar-refractivity contribution in [1.29, 1.82) is 0 Å². The van der Waals surface area contributed by atoms with Gasteiger partial charge < -0.3 is 19.7 Å². The molecule has 1 unspecified atom stereocenters. The van der Waals surface area contributed by atoms with E-state index in [0.717, 1.165) is 45.2 Å². The minimum Gasteiger partial charge on any atom is -0.382 e. The molecule has 1 aromatic carbocycles. The molecule has 1 aliphatic rings. The Labute approximate surface area is 190 Å². The fourth-order valence-corrected chi connectivity index (χ4v) is 3.49. The molecule has 1 aromatic heterocycles. The standard InChI is InChI=1S/C21H31N5O2.HI/c1-22-21(25-10-7-20(15-25)17-28-12-11-27-2)23-14-18-5-3-6-19(13-18)16-26-9-4-8-24-26;/h3-6,8-9,13,20H,7,10-12,14-17H2,1-2H3,(H,22,23);1H. The van der Waals surface area contributed by atoms with Gasteiger partial charge in [-0.3, -0.25) is 9.67 Å². The monoisotopic (exact) mass is 513 g/mol. The molecular formula is C21H32IN5O2. The van der Waals surface area contributed by atoms with Crippen molar-refractivity contribution in [1.82, 2.24) is 20.0 Å². The zero-order valence-electron chi connectivity index (χ0n) is 17.3. The smallest absolute Gasteiger partial charge is 0.193 e. The number of guanidine groups is 1. The lowest BCUT2D eigenvalue weighted by Crippen LogP contribution is -2.39. The molecule has 0 spiro atoms.